The van der Waals surface area contributed by atoms with Crippen molar-refractivity contribution in [2.24, 2.45) is 0 Å². The first-order valence-corrected chi connectivity index (χ1v) is 8.72. The fraction of sp³-hybridized carbons (Fsp3) is 0.118. The molecule has 0 atom stereocenters. The van der Waals surface area contributed by atoms with E-state index >= 15 is 0 Å². The van der Waals surface area contributed by atoms with E-state index in [1.807, 2.05) is 19.9 Å². The van der Waals surface area contributed by atoms with Crippen molar-refractivity contribution in [3.8, 4) is 11.3 Å². The summed E-state index contributed by atoms with van der Waals surface area (Å²) in [6, 6.07) is 5.33. The Balaban J connectivity index is 1.57. The van der Waals surface area contributed by atoms with Crippen LogP contribution in [0.1, 0.15) is 22.0 Å². The smallest absolute Gasteiger partial charge is 0.295 e. The van der Waals surface area contributed by atoms with Gasteiger partial charge < -0.3 is 0 Å². The molecule has 0 saturated carbocycles. The van der Waals surface area contributed by atoms with Gasteiger partial charge in [0.1, 0.15) is 0 Å². The summed E-state index contributed by atoms with van der Waals surface area (Å²) in [6.07, 6.45) is 0. The average Bonchev–Trinajstić information content (AvgIpc) is 3.24. The molecule has 0 aliphatic rings. The highest BCUT2D eigenvalue weighted by molar-refractivity contribution is 7.14. The van der Waals surface area contributed by atoms with Gasteiger partial charge in [-0.2, -0.15) is 4.98 Å². The number of fused-ring (bicyclic) bond motifs is 1. The number of hydrogen-bond donors (Lipinski definition) is 1. The monoisotopic (exact) mass is 386 g/mol. The van der Waals surface area contributed by atoms with Gasteiger partial charge in [-0.25, -0.2) is 23.3 Å². The second-order valence-electron chi connectivity index (χ2n) is 5.81. The van der Waals surface area contributed by atoms with Gasteiger partial charge in [-0.05, 0) is 38.1 Å². The van der Waals surface area contributed by atoms with Crippen LogP contribution in [0.5, 0.6) is 0 Å². The second-order valence-corrected chi connectivity index (χ2v) is 6.67. The molecule has 4 rings (SSSR count). The Morgan fingerprint density at radius 2 is 1.93 bits per heavy atom. The first kappa shape index (κ1) is 17.2. The summed E-state index contributed by atoms with van der Waals surface area (Å²) in [7, 11) is 0. The van der Waals surface area contributed by atoms with Crippen molar-refractivity contribution in [1.29, 1.82) is 0 Å². The van der Waals surface area contributed by atoms with Gasteiger partial charge in [-0.3, -0.25) is 10.1 Å². The Hall–Kier alpha value is -3.27. The molecule has 3 heterocycles. The molecule has 27 heavy (non-hydrogen) atoms. The molecular formula is C17H12F2N6OS. The molecule has 1 amide bonds. The summed E-state index contributed by atoms with van der Waals surface area (Å²) in [4.78, 5) is 25.0. The molecule has 0 spiro atoms. The molecule has 0 unspecified atom stereocenters. The normalized spacial score (nSPS) is 11.1. The number of anilines is 1. The maximum Gasteiger partial charge on any atom is 0.297 e. The molecule has 10 heteroatoms. The topological polar surface area (TPSA) is 85.1 Å². The molecule has 0 saturated heterocycles. The third-order valence-electron chi connectivity index (χ3n) is 3.76. The third-order valence-corrected chi connectivity index (χ3v) is 4.52. The lowest BCUT2D eigenvalue weighted by Crippen LogP contribution is -2.13. The van der Waals surface area contributed by atoms with Crippen LogP contribution in [0, 0.1) is 25.5 Å². The van der Waals surface area contributed by atoms with Crippen LogP contribution in [0.25, 0.3) is 17.0 Å². The molecule has 3 aromatic heterocycles. The highest BCUT2D eigenvalue weighted by atomic mass is 32.1. The quantitative estimate of drug-likeness (QED) is 0.583. The molecule has 0 fully saturated rings. The van der Waals surface area contributed by atoms with Crippen molar-refractivity contribution >= 4 is 28.2 Å². The zero-order valence-electron chi connectivity index (χ0n) is 14.2. The number of amides is 1. The summed E-state index contributed by atoms with van der Waals surface area (Å²) in [5.41, 5.74) is 2.41. The van der Waals surface area contributed by atoms with E-state index in [2.05, 4.69) is 25.4 Å². The average molecular weight is 386 g/mol. The van der Waals surface area contributed by atoms with Crippen molar-refractivity contribution in [2.45, 2.75) is 13.8 Å². The summed E-state index contributed by atoms with van der Waals surface area (Å²) >= 11 is 1.15. The highest BCUT2D eigenvalue weighted by Gasteiger charge is 2.17. The van der Waals surface area contributed by atoms with Crippen molar-refractivity contribution in [1.82, 2.24) is 24.6 Å². The minimum absolute atomic E-state index is 0.0409. The first-order valence-electron chi connectivity index (χ1n) is 7.84. The van der Waals surface area contributed by atoms with Gasteiger partial charge in [0.2, 0.25) is 5.82 Å². The predicted octanol–water partition coefficient (Wildman–Crippen LogP) is 3.40. The molecule has 0 aliphatic heterocycles. The van der Waals surface area contributed by atoms with Gasteiger partial charge in [-0.15, -0.1) is 16.4 Å². The number of carbonyl (C=O) groups is 1. The summed E-state index contributed by atoms with van der Waals surface area (Å²) < 4.78 is 27.9. The fourth-order valence-electron chi connectivity index (χ4n) is 2.53. The Kier molecular flexibility index (Phi) is 4.11. The number of thiazole rings is 1. The molecule has 0 aliphatic carbocycles. The first-order chi connectivity index (χ1) is 12.9. The Labute approximate surface area is 155 Å². The number of carbonyl (C=O) groups excluding carboxylic acids is 1. The van der Waals surface area contributed by atoms with Crippen LogP contribution in [-0.2, 0) is 0 Å². The van der Waals surface area contributed by atoms with Crippen LogP contribution in [0.15, 0.2) is 29.6 Å². The van der Waals surface area contributed by atoms with Crippen LogP contribution in [-0.4, -0.2) is 30.5 Å². The van der Waals surface area contributed by atoms with Gasteiger partial charge in [0.15, 0.2) is 16.8 Å². The van der Waals surface area contributed by atoms with E-state index in [9.17, 15) is 13.6 Å². The predicted molar refractivity (Wildman–Crippen MR) is 95.7 cm³/mol. The molecule has 1 aromatic carbocycles. The molecule has 4 aromatic rings. The summed E-state index contributed by atoms with van der Waals surface area (Å²) in [5, 5.41) is 8.68. The number of nitrogens with zero attached hydrogens (tertiary/aromatic N) is 5. The summed E-state index contributed by atoms with van der Waals surface area (Å²) in [6.45, 7) is 3.67. The maximum absolute atomic E-state index is 13.4. The zero-order valence-corrected chi connectivity index (χ0v) is 15.0. The minimum Gasteiger partial charge on any atom is -0.295 e. The van der Waals surface area contributed by atoms with Crippen LogP contribution in [0.4, 0.5) is 13.9 Å². The van der Waals surface area contributed by atoms with Gasteiger partial charge in [-0.1, -0.05) is 0 Å². The maximum atomic E-state index is 13.4. The molecular weight excluding hydrogens is 374 g/mol. The Morgan fingerprint density at radius 3 is 2.70 bits per heavy atom. The number of aryl methyl sites for hydroxylation is 2. The summed E-state index contributed by atoms with van der Waals surface area (Å²) in [5.74, 6) is -2.14. The highest BCUT2D eigenvalue weighted by Crippen LogP contribution is 2.26. The van der Waals surface area contributed by atoms with Crippen LogP contribution >= 0.6 is 11.3 Å². The molecule has 0 bridgehead atoms. The van der Waals surface area contributed by atoms with Crippen LogP contribution < -0.4 is 5.32 Å². The molecule has 1 N–H and O–H groups in total. The van der Waals surface area contributed by atoms with Crippen LogP contribution in [0.2, 0.25) is 0 Å². The van der Waals surface area contributed by atoms with E-state index in [1.165, 1.54) is 10.6 Å². The van der Waals surface area contributed by atoms with Gasteiger partial charge >= 0.3 is 0 Å². The van der Waals surface area contributed by atoms with E-state index in [-0.39, 0.29) is 5.82 Å². The largest absolute Gasteiger partial charge is 0.297 e. The van der Waals surface area contributed by atoms with Gasteiger partial charge in [0.25, 0.3) is 11.7 Å². The second kappa shape index (κ2) is 6.47. The molecule has 7 nitrogen and oxygen atoms in total. The van der Waals surface area contributed by atoms with E-state index in [0.717, 1.165) is 34.9 Å². The lowest BCUT2D eigenvalue weighted by atomic mass is 10.2. The zero-order chi connectivity index (χ0) is 19.1. The van der Waals surface area contributed by atoms with Crippen molar-refractivity contribution in [3.63, 3.8) is 0 Å². The lowest BCUT2D eigenvalue weighted by molar-refractivity contribution is 0.101. The number of rotatable bonds is 3. The van der Waals surface area contributed by atoms with E-state index in [4.69, 9.17) is 0 Å². The minimum atomic E-state index is -0.960. The standard InChI is InChI=1S/C17H12F2N6OS/c1-8-5-9(2)25-16(20-8)22-14(24-25)15(26)23-17-21-13(7-27-17)10-3-4-11(18)12(19)6-10/h3-7H,1-2H3,(H,21,23,26). The number of nitrogens with one attached hydrogen (secondary N) is 1. The fourth-order valence-corrected chi connectivity index (χ4v) is 3.25. The number of halogens is 2. The number of aromatic nitrogens is 5. The van der Waals surface area contributed by atoms with Gasteiger partial charge in [0, 0.05) is 22.3 Å². The third kappa shape index (κ3) is 3.26. The van der Waals surface area contributed by atoms with Crippen molar-refractivity contribution < 1.29 is 13.6 Å². The number of benzene rings is 1. The Bertz CT molecular complexity index is 1190. The van der Waals surface area contributed by atoms with Crippen LogP contribution in [0.3, 0.4) is 0 Å². The van der Waals surface area contributed by atoms with E-state index in [0.29, 0.717) is 22.2 Å². The van der Waals surface area contributed by atoms with Crippen molar-refractivity contribution in [3.05, 3.63) is 58.5 Å². The van der Waals surface area contributed by atoms with E-state index in [1.54, 1.807) is 5.38 Å². The molecule has 0 radical (unpaired) electrons. The number of hydrogen-bond acceptors (Lipinski definition) is 6. The van der Waals surface area contributed by atoms with E-state index < -0.39 is 17.5 Å². The lowest BCUT2D eigenvalue weighted by Gasteiger charge is -1.99. The Morgan fingerprint density at radius 1 is 1.11 bits per heavy atom. The van der Waals surface area contributed by atoms with Gasteiger partial charge in [0.05, 0.1) is 5.69 Å². The molecule has 136 valence electrons. The SMILES string of the molecule is Cc1cc(C)n2nc(C(=O)Nc3nc(-c4ccc(F)c(F)c4)cs3)nc2n1. The van der Waals surface area contributed by atoms with Crippen molar-refractivity contribution in [2.75, 3.05) is 5.32 Å².